The quantitative estimate of drug-likeness (QED) is 0.823. The van der Waals surface area contributed by atoms with E-state index in [2.05, 4.69) is 10.6 Å². The number of nitrogens with zero attached hydrogens (tertiary/aromatic N) is 1. The maximum absolute atomic E-state index is 12.9. The summed E-state index contributed by atoms with van der Waals surface area (Å²) in [7, 11) is 0. The van der Waals surface area contributed by atoms with Crippen LogP contribution < -0.4 is 10.6 Å². The summed E-state index contributed by atoms with van der Waals surface area (Å²) in [5.74, 6) is -1.39. The average molecular weight is 377 g/mol. The Morgan fingerprint density at radius 3 is 2.37 bits per heavy atom. The monoisotopic (exact) mass is 377 g/mol. The van der Waals surface area contributed by atoms with Gasteiger partial charge in [0.25, 0.3) is 0 Å². The van der Waals surface area contributed by atoms with Crippen molar-refractivity contribution in [1.29, 1.82) is 0 Å². The molecule has 0 radical (unpaired) electrons. The van der Waals surface area contributed by atoms with Gasteiger partial charge < -0.3 is 20.3 Å². The summed E-state index contributed by atoms with van der Waals surface area (Å²) in [4.78, 5) is 37.9. The lowest BCUT2D eigenvalue weighted by molar-refractivity contribution is -0.126. The summed E-state index contributed by atoms with van der Waals surface area (Å²) in [5.41, 5.74) is 0.513. The Kier molecular flexibility index (Phi) is 5.93. The first-order chi connectivity index (χ1) is 13.0. The van der Waals surface area contributed by atoms with Crippen molar-refractivity contribution in [1.82, 2.24) is 10.2 Å². The number of halogens is 1. The fourth-order valence-corrected chi connectivity index (χ4v) is 3.27. The van der Waals surface area contributed by atoms with E-state index in [1.54, 1.807) is 11.8 Å². The van der Waals surface area contributed by atoms with Crippen molar-refractivity contribution in [2.24, 2.45) is 11.8 Å². The van der Waals surface area contributed by atoms with Gasteiger partial charge >= 0.3 is 6.09 Å². The number of ether oxygens (including phenoxy) is 1. The lowest BCUT2D eigenvalue weighted by Gasteiger charge is -2.31. The normalized spacial score (nSPS) is 22.1. The second-order valence-electron chi connectivity index (χ2n) is 6.91. The van der Waals surface area contributed by atoms with Crippen molar-refractivity contribution in [3.63, 3.8) is 0 Å². The summed E-state index contributed by atoms with van der Waals surface area (Å²) in [6.45, 7) is 3.20. The number of rotatable bonds is 5. The lowest BCUT2D eigenvalue weighted by atomic mass is 10.1. The molecule has 2 aliphatic rings. The first kappa shape index (κ1) is 19.1. The van der Waals surface area contributed by atoms with Gasteiger partial charge in [-0.25, -0.2) is 9.18 Å². The van der Waals surface area contributed by atoms with Crippen LogP contribution in [-0.4, -0.2) is 48.5 Å². The molecule has 2 unspecified atom stereocenters. The number of carbonyl (C=O) groups is 3. The van der Waals surface area contributed by atoms with Crippen LogP contribution in [0.4, 0.5) is 14.9 Å². The van der Waals surface area contributed by atoms with Crippen LogP contribution in [0.25, 0.3) is 0 Å². The van der Waals surface area contributed by atoms with Crippen LogP contribution in [0.3, 0.4) is 0 Å². The van der Waals surface area contributed by atoms with Crippen LogP contribution in [0, 0.1) is 17.7 Å². The highest BCUT2D eigenvalue weighted by Crippen LogP contribution is 2.39. The van der Waals surface area contributed by atoms with Gasteiger partial charge in [-0.05, 0) is 50.5 Å². The molecule has 1 aromatic carbocycles. The largest absolute Gasteiger partial charge is 0.450 e. The first-order valence-corrected chi connectivity index (χ1v) is 9.26. The summed E-state index contributed by atoms with van der Waals surface area (Å²) in [6, 6.07) is 5.53. The van der Waals surface area contributed by atoms with Crippen molar-refractivity contribution in [2.75, 3.05) is 25.0 Å². The molecule has 27 heavy (non-hydrogen) atoms. The molecule has 1 saturated heterocycles. The maximum Gasteiger partial charge on any atom is 0.409 e. The molecule has 3 amide bonds. The highest BCUT2D eigenvalue weighted by Gasteiger charge is 2.48. The molecule has 2 N–H and O–H groups in total. The van der Waals surface area contributed by atoms with E-state index in [0.717, 1.165) is 0 Å². The van der Waals surface area contributed by atoms with Gasteiger partial charge in [0, 0.05) is 24.8 Å². The number of likely N-dealkylation sites (tertiary alicyclic amines) is 1. The molecule has 146 valence electrons. The topological polar surface area (TPSA) is 87.7 Å². The minimum atomic E-state index is -0.370. The highest BCUT2D eigenvalue weighted by molar-refractivity contribution is 5.99. The van der Waals surface area contributed by atoms with Crippen molar-refractivity contribution < 1.29 is 23.5 Å². The Bertz CT molecular complexity index is 701. The number of anilines is 1. The van der Waals surface area contributed by atoms with Crippen LogP contribution >= 0.6 is 0 Å². The minimum absolute atomic E-state index is 0.00425. The molecule has 2 atom stereocenters. The molecular formula is C19H24FN3O4. The van der Waals surface area contributed by atoms with E-state index in [9.17, 15) is 18.8 Å². The van der Waals surface area contributed by atoms with Gasteiger partial charge in [0.1, 0.15) is 5.82 Å². The van der Waals surface area contributed by atoms with Gasteiger partial charge in [0.15, 0.2) is 0 Å². The lowest BCUT2D eigenvalue weighted by Crippen LogP contribution is -2.47. The standard InChI is InChI=1S/C19H24FN3O4/c1-2-27-19(26)23-9-7-14(8-10-23)22-18(25)16-11-15(16)17(24)21-13-5-3-12(20)4-6-13/h3-6,14-16H,2,7-11H2,1H3,(H,21,24)(H,22,25). The van der Waals surface area contributed by atoms with Gasteiger partial charge in [0.2, 0.25) is 11.8 Å². The molecule has 7 nitrogen and oxygen atoms in total. The molecule has 0 bridgehead atoms. The third-order valence-electron chi connectivity index (χ3n) is 4.94. The summed E-state index contributed by atoms with van der Waals surface area (Å²) >= 11 is 0. The highest BCUT2D eigenvalue weighted by atomic mass is 19.1. The number of amides is 3. The van der Waals surface area contributed by atoms with Gasteiger partial charge in [-0.2, -0.15) is 0 Å². The third-order valence-corrected chi connectivity index (χ3v) is 4.94. The number of hydrogen-bond donors (Lipinski definition) is 2. The van der Waals surface area contributed by atoms with Crippen molar-refractivity contribution in [3.05, 3.63) is 30.1 Å². The molecule has 0 spiro atoms. The summed E-state index contributed by atoms with van der Waals surface area (Å²) in [6.07, 6.45) is 1.54. The Balaban J connectivity index is 1.40. The molecule has 1 aromatic rings. The molecule has 2 fully saturated rings. The third kappa shape index (κ3) is 4.96. The molecule has 0 aromatic heterocycles. The van der Waals surface area contributed by atoms with Crippen molar-refractivity contribution in [3.8, 4) is 0 Å². The summed E-state index contributed by atoms with van der Waals surface area (Å²) in [5, 5.41) is 5.69. The number of hydrogen-bond acceptors (Lipinski definition) is 4. The van der Waals surface area contributed by atoms with E-state index >= 15 is 0 Å². The predicted molar refractivity (Wildman–Crippen MR) is 96.4 cm³/mol. The fraction of sp³-hybridized carbons (Fsp3) is 0.526. The second kappa shape index (κ2) is 8.37. The molecule has 3 rings (SSSR count). The SMILES string of the molecule is CCOC(=O)N1CCC(NC(=O)C2CC2C(=O)Nc2ccc(F)cc2)CC1. The maximum atomic E-state index is 12.9. The zero-order valence-corrected chi connectivity index (χ0v) is 15.2. The number of nitrogens with one attached hydrogen (secondary N) is 2. The second-order valence-corrected chi connectivity index (χ2v) is 6.91. The average Bonchev–Trinajstić information content (AvgIpc) is 3.45. The Morgan fingerprint density at radius 2 is 1.74 bits per heavy atom. The van der Waals surface area contributed by atoms with E-state index in [0.29, 0.717) is 44.6 Å². The Labute approximate surface area is 157 Å². The van der Waals surface area contributed by atoms with Crippen molar-refractivity contribution in [2.45, 2.75) is 32.2 Å². The molecule has 1 saturated carbocycles. The van der Waals surface area contributed by atoms with Crippen LogP contribution in [0.2, 0.25) is 0 Å². The van der Waals surface area contributed by atoms with Gasteiger partial charge in [0.05, 0.1) is 18.4 Å². The fourth-order valence-electron chi connectivity index (χ4n) is 3.27. The summed E-state index contributed by atoms with van der Waals surface area (Å²) < 4.78 is 17.9. The zero-order valence-electron chi connectivity index (χ0n) is 15.2. The number of benzene rings is 1. The van der Waals surface area contributed by atoms with Crippen molar-refractivity contribution >= 4 is 23.6 Å². The van der Waals surface area contributed by atoms with Gasteiger partial charge in [-0.1, -0.05) is 0 Å². The first-order valence-electron chi connectivity index (χ1n) is 9.26. The predicted octanol–water partition coefficient (Wildman–Crippen LogP) is 2.14. The van der Waals surface area contributed by atoms with Gasteiger partial charge in [-0.3, -0.25) is 9.59 Å². The van der Waals surface area contributed by atoms with E-state index in [4.69, 9.17) is 4.74 Å². The minimum Gasteiger partial charge on any atom is -0.450 e. The molecule has 1 aliphatic carbocycles. The molecule has 1 heterocycles. The molecule has 8 heteroatoms. The van der Waals surface area contributed by atoms with E-state index in [1.807, 2.05) is 0 Å². The number of piperidine rings is 1. The van der Waals surface area contributed by atoms with Crippen LogP contribution in [0.15, 0.2) is 24.3 Å². The van der Waals surface area contributed by atoms with Crippen LogP contribution in [0.5, 0.6) is 0 Å². The van der Waals surface area contributed by atoms with Crippen LogP contribution in [0.1, 0.15) is 26.2 Å². The molecular weight excluding hydrogens is 353 g/mol. The van der Waals surface area contributed by atoms with E-state index < -0.39 is 0 Å². The van der Waals surface area contributed by atoms with E-state index in [-0.39, 0.29) is 41.6 Å². The smallest absolute Gasteiger partial charge is 0.409 e. The molecule has 1 aliphatic heterocycles. The number of carbonyl (C=O) groups excluding carboxylic acids is 3. The van der Waals surface area contributed by atoms with E-state index in [1.165, 1.54) is 24.3 Å². The Morgan fingerprint density at radius 1 is 1.11 bits per heavy atom. The van der Waals surface area contributed by atoms with Gasteiger partial charge in [-0.15, -0.1) is 0 Å². The zero-order chi connectivity index (χ0) is 19.4. The Hall–Kier alpha value is -2.64. The van der Waals surface area contributed by atoms with Crippen LogP contribution in [-0.2, 0) is 14.3 Å².